The lowest BCUT2D eigenvalue weighted by atomic mass is 9.74. The molecule has 1 aliphatic carbocycles. The summed E-state index contributed by atoms with van der Waals surface area (Å²) in [6, 6.07) is 15.9. The second-order valence-electron chi connectivity index (χ2n) is 12.2. The van der Waals surface area contributed by atoms with Crippen LogP contribution in [0.4, 0.5) is 5.69 Å². The zero-order valence-electron chi connectivity index (χ0n) is 24.3. The van der Waals surface area contributed by atoms with Crippen LogP contribution in [0.1, 0.15) is 38.5 Å². The molecule has 2 N–H and O–H groups in total. The van der Waals surface area contributed by atoms with Crippen LogP contribution in [0.3, 0.4) is 0 Å². The second-order valence-corrected chi connectivity index (χ2v) is 12.2. The molecule has 0 aromatic heterocycles. The zero-order valence-corrected chi connectivity index (χ0v) is 24.3. The fraction of sp³-hybridized carbons (Fsp3) is 0.485. The number of nitrogens with one attached hydrogen (secondary N) is 2. The number of para-hydroxylation sites is 1. The first-order valence-corrected chi connectivity index (χ1v) is 15.1. The third kappa shape index (κ3) is 5.43. The van der Waals surface area contributed by atoms with Gasteiger partial charge in [0.2, 0.25) is 17.7 Å². The van der Waals surface area contributed by atoms with Crippen molar-refractivity contribution in [1.29, 1.82) is 0 Å². The Balaban J connectivity index is 1.20. The van der Waals surface area contributed by atoms with E-state index in [4.69, 9.17) is 9.47 Å². The highest BCUT2D eigenvalue weighted by molar-refractivity contribution is 6.02. The molecule has 4 aliphatic rings. The molecular formula is C33H40N4O5. The minimum Gasteiger partial charge on any atom is -0.457 e. The maximum absolute atomic E-state index is 14.1. The summed E-state index contributed by atoms with van der Waals surface area (Å²) in [6.45, 7) is 1.21. The Morgan fingerprint density at radius 1 is 1.00 bits per heavy atom. The number of anilines is 1. The van der Waals surface area contributed by atoms with Crippen LogP contribution in [0, 0.1) is 11.8 Å². The second kappa shape index (κ2) is 11.9. The normalized spacial score (nSPS) is 28.3. The molecule has 9 nitrogen and oxygen atoms in total. The summed E-state index contributed by atoms with van der Waals surface area (Å²) in [7, 11) is 3.97. The number of nitrogens with zero attached hydrogens (tertiary/aromatic N) is 2. The van der Waals surface area contributed by atoms with Gasteiger partial charge >= 0.3 is 0 Å². The molecule has 3 aliphatic heterocycles. The van der Waals surface area contributed by atoms with Gasteiger partial charge in [0.05, 0.1) is 17.9 Å². The highest BCUT2D eigenvalue weighted by Crippen LogP contribution is 2.55. The number of amides is 3. The highest BCUT2D eigenvalue weighted by atomic mass is 16.5. The van der Waals surface area contributed by atoms with Crippen LogP contribution < -0.4 is 15.4 Å². The zero-order chi connectivity index (χ0) is 29.3. The van der Waals surface area contributed by atoms with E-state index in [0.717, 1.165) is 44.4 Å². The first-order chi connectivity index (χ1) is 20.4. The summed E-state index contributed by atoms with van der Waals surface area (Å²) in [6.07, 6.45) is 9.15. The molecule has 2 saturated heterocycles. The number of fused-ring (bicyclic) bond motifs is 1. The Kier molecular flexibility index (Phi) is 8.05. The van der Waals surface area contributed by atoms with Crippen LogP contribution in [0.5, 0.6) is 11.5 Å². The summed E-state index contributed by atoms with van der Waals surface area (Å²) in [5.41, 5.74) is -0.547. The maximum atomic E-state index is 14.1. The molecular weight excluding hydrogens is 532 g/mol. The van der Waals surface area contributed by atoms with Gasteiger partial charge in [0.25, 0.3) is 0 Å². The van der Waals surface area contributed by atoms with Gasteiger partial charge in [-0.1, -0.05) is 49.6 Å². The lowest BCUT2D eigenvalue weighted by Crippen LogP contribution is -2.56. The summed E-state index contributed by atoms with van der Waals surface area (Å²) in [5.74, 6) is -0.763. The number of carbonyl (C=O) groups is 3. The Bertz CT molecular complexity index is 1320. The van der Waals surface area contributed by atoms with Gasteiger partial charge in [-0.15, -0.1) is 0 Å². The lowest BCUT2D eigenvalue weighted by Gasteiger charge is -2.34. The summed E-state index contributed by atoms with van der Waals surface area (Å²) >= 11 is 0. The van der Waals surface area contributed by atoms with E-state index in [1.807, 2.05) is 56.6 Å². The van der Waals surface area contributed by atoms with Crippen molar-refractivity contribution in [2.75, 3.05) is 32.5 Å². The van der Waals surface area contributed by atoms with E-state index in [0.29, 0.717) is 18.0 Å². The number of benzene rings is 2. The average Bonchev–Trinajstić information content (AvgIpc) is 3.62. The molecule has 2 aromatic carbocycles. The Morgan fingerprint density at radius 3 is 2.43 bits per heavy atom. The van der Waals surface area contributed by atoms with E-state index in [1.165, 1.54) is 6.42 Å². The summed E-state index contributed by atoms with van der Waals surface area (Å²) < 4.78 is 12.3. The van der Waals surface area contributed by atoms with E-state index >= 15 is 0 Å². The van der Waals surface area contributed by atoms with Crippen molar-refractivity contribution < 1.29 is 23.9 Å². The van der Waals surface area contributed by atoms with Crippen LogP contribution in [0.2, 0.25) is 0 Å². The molecule has 1 spiro atoms. The molecule has 0 unspecified atom stereocenters. The van der Waals surface area contributed by atoms with E-state index in [1.54, 1.807) is 29.2 Å². The Labute approximate surface area is 247 Å². The quantitative estimate of drug-likeness (QED) is 0.418. The fourth-order valence-electron chi connectivity index (χ4n) is 7.05. The minimum atomic E-state index is -1.14. The number of hydrogen-bond donors (Lipinski definition) is 2. The first-order valence-electron chi connectivity index (χ1n) is 15.1. The Hall–Kier alpha value is -3.69. The third-order valence-corrected chi connectivity index (χ3v) is 8.98. The standard InChI is InChI=1S/C33H40N4O5/c1-36(2)20-9-21-37-29(31(39)35-22-10-5-3-6-11-22)33-19-18-26(42-33)27(28(33)32(37)40)30(38)34-23-14-16-25(17-15-23)41-24-12-7-4-8-13-24/h4,7-8,12-19,22,26-29H,3,5-6,9-11,20-21H2,1-2H3,(H,34,38)(H,35,39)/t26-,27-,28-,29-,33-/m0/s1. The maximum Gasteiger partial charge on any atom is 0.246 e. The SMILES string of the molecule is CN(C)CCCN1C(=O)[C@@H]2[C@@H](C(=O)Nc3ccc(Oc4ccccc4)cc3)[C@@H]3C=C[C@@]2(O3)[C@@H]1C(=O)NC1CCCCC1. The molecule has 5 atom stereocenters. The van der Waals surface area contributed by atoms with Crippen molar-refractivity contribution in [3.05, 3.63) is 66.7 Å². The molecule has 9 heteroatoms. The van der Waals surface area contributed by atoms with Gasteiger partial charge in [0.15, 0.2) is 0 Å². The molecule has 3 heterocycles. The molecule has 222 valence electrons. The molecule has 6 rings (SSSR count). The topological polar surface area (TPSA) is 100 Å². The molecule has 1 saturated carbocycles. The summed E-state index contributed by atoms with van der Waals surface area (Å²) in [5, 5.41) is 6.22. The van der Waals surface area contributed by atoms with E-state index in [9.17, 15) is 14.4 Å². The van der Waals surface area contributed by atoms with Gasteiger partial charge in [0, 0.05) is 18.3 Å². The number of rotatable bonds is 10. The van der Waals surface area contributed by atoms with Crippen LogP contribution >= 0.6 is 0 Å². The van der Waals surface area contributed by atoms with Crippen LogP contribution in [-0.4, -0.2) is 78.5 Å². The predicted octanol–water partition coefficient (Wildman–Crippen LogP) is 3.97. The van der Waals surface area contributed by atoms with Crippen LogP contribution in [0.25, 0.3) is 0 Å². The van der Waals surface area contributed by atoms with E-state index in [2.05, 4.69) is 15.5 Å². The van der Waals surface area contributed by atoms with Crippen molar-refractivity contribution in [3.63, 3.8) is 0 Å². The predicted molar refractivity (Wildman–Crippen MR) is 159 cm³/mol. The largest absolute Gasteiger partial charge is 0.457 e. The third-order valence-electron chi connectivity index (χ3n) is 8.98. The van der Waals surface area contributed by atoms with Crippen molar-refractivity contribution in [3.8, 4) is 11.5 Å². The van der Waals surface area contributed by atoms with Crippen LogP contribution in [-0.2, 0) is 19.1 Å². The van der Waals surface area contributed by atoms with Crippen molar-refractivity contribution in [2.24, 2.45) is 11.8 Å². The molecule has 3 amide bonds. The van der Waals surface area contributed by atoms with Crippen molar-refractivity contribution in [1.82, 2.24) is 15.1 Å². The number of carbonyl (C=O) groups excluding carboxylic acids is 3. The molecule has 2 aromatic rings. The van der Waals surface area contributed by atoms with Gasteiger partial charge in [-0.3, -0.25) is 14.4 Å². The summed E-state index contributed by atoms with van der Waals surface area (Å²) in [4.78, 5) is 45.4. The Morgan fingerprint density at radius 2 is 1.71 bits per heavy atom. The van der Waals surface area contributed by atoms with Gasteiger partial charge in [-0.05, 0) is 76.3 Å². The van der Waals surface area contributed by atoms with E-state index in [-0.39, 0.29) is 23.8 Å². The van der Waals surface area contributed by atoms with Gasteiger partial charge in [-0.25, -0.2) is 0 Å². The molecule has 3 fully saturated rings. The van der Waals surface area contributed by atoms with E-state index < -0.39 is 29.6 Å². The molecule has 2 bridgehead atoms. The van der Waals surface area contributed by atoms with Gasteiger partial charge < -0.3 is 29.9 Å². The number of likely N-dealkylation sites (tertiary alicyclic amines) is 1. The monoisotopic (exact) mass is 572 g/mol. The van der Waals surface area contributed by atoms with Crippen LogP contribution in [0.15, 0.2) is 66.7 Å². The minimum absolute atomic E-state index is 0.107. The number of ether oxygens (including phenoxy) is 2. The molecule has 42 heavy (non-hydrogen) atoms. The molecule has 0 radical (unpaired) electrons. The van der Waals surface area contributed by atoms with Gasteiger partial charge in [0.1, 0.15) is 23.1 Å². The first kappa shape index (κ1) is 28.4. The smallest absolute Gasteiger partial charge is 0.246 e. The highest BCUT2D eigenvalue weighted by Gasteiger charge is 2.72. The number of hydrogen-bond acceptors (Lipinski definition) is 6. The van der Waals surface area contributed by atoms with Crippen molar-refractivity contribution in [2.45, 2.75) is 62.3 Å². The fourth-order valence-corrected chi connectivity index (χ4v) is 7.05. The van der Waals surface area contributed by atoms with Gasteiger partial charge in [-0.2, -0.15) is 0 Å². The average molecular weight is 573 g/mol. The lowest BCUT2D eigenvalue weighted by molar-refractivity contribution is -0.141. The van der Waals surface area contributed by atoms with Crippen molar-refractivity contribution >= 4 is 23.4 Å².